The highest BCUT2D eigenvalue weighted by molar-refractivity contribution is 5.82. The summed E-state index contributed by atoms with van der Waals surface area (Å²) in [6, 6.07) is 11.0. The second-order valence-corrected chi connectivity index (χ2v) is 5.40. The van der Waals surface area contributed by atoms with Gasteiger partial charge < -0.3 is 5.73 Å². The number of aromatic nitrogens is 1. The zero-order valence-electron chi connectivity index (χ0n) is 10.7. The topological polar surface area (TPSA) is 38.9 Å². The molecule has 1 aromatic heterocycles. The predicted molar refractivity (Wildman–Crippen MR) is 75.5 cm³/mol. The Balaban J connectivity index is 2.02. The van der Waals surface area contributed by atoms with Crippen molar-refractivity contribution < 1.29 is 0 Å². The van der Waals surface area contributed by atoms with E-state index >= 15 is 0 Å². The Kier molecular flexibility index (Phi) is 3.28. The fourth-order valence-electron chi connectivity index (χ4n) is 3.14. The van der Waals surface area contributed by atoms with Gasteiger partial charge in [-0.15, -0.1) is 0 Å². The zero-order chi connectivity index (χ0) is 12.4. The average molecular weight is 240 g/mol. The Morgan fingerprint density at radius 2 is 1.89 bits per heavy atom. The minimum absolute atomic E-state index is 0.358. The molecule has 2 unspecified atom stereocenters. The van der Waals surface area contributed by atoms with Crippen molar-refractivity contribution in [1.29, 1.82) is 0 Å². The minimum atomic E-state index is 0.358. The van der Waals surface area contributed by atoms with Crippen LogP contribution in [-0.4, -0.2) is 11.0 Å². The highest BCUT2D eigenvalue weighted by Gasteiger charge is 2.20. The van der Waals surface area contributed by atoms with Gasteiger partial charge in [-0.2, -0.15) is 0 Å². The number of benzene rings is 1. The Bertz CT molecular complexity index is 530. The molecule has 94 valence electrons. The Morgan fingerprint density at radius 1 is 1.06 bits per heavy atom. The summed E-state index contributed by atoms with van der Waals surface area (Å²) in [5.41, 5.74) is 8.75. The average Bonchev–Trinajstić information content (AvgIpc) is 2.63. The maximum absolute atomic E-state index is 6.19. The molecule has 0 bridgehead atoms. The molecule has 0 amide bonds. The summed E-state index contributed by atoms with van der Waals surface area (Å²) in [6.45, 7) is 0. The van der Waals surface area contributed by atoms with E-state index in [1.54, 1.807) is 0 Å². The molecule has 1 aliphatic rings. The summed E-state index contributed by atoms with van der Waals surface area (Å²) < 4.78 is 0. The van der Waals surface area contributed by atoms with Crippen molar-refractivity contribution in [3.8, 4) is 0 Å². The standard InChI is InChI=1S/C16H20N2/c17-14-8-2-1-5-13(11-14)15-9-3-6-12-7-4-10-18-16(12)15/h3-4,6-7,9-10,13-14H,1-2,5,8,11,17H2. The molecule has 1 saturated carbocycles. The molecule has 0 aliphatic heterocycles. The fraction of sp³-hybridized carbons (Fsp3) is 0.438. The first-order valence-electron chi connectivity index (χ1n) is 6.94. The first kappa shape index (κ1) is 11.7. The number of hydrogen-bond donors (Lipinski definition) is 1. The van der Waals surface area contributed by atoms with Crippen molar-refractivity contribution in [2.45, 2.75) is 44.1 Å². The highest BCUT2D eigenvalue weighted by Crippen LogP contribution is 2.34. The van der Waals surface area contributed by atoms with Crippen LogP contribution in [0.3, 0.4) is 0 Å². The van der Waals surface area contributed by atoms with Crippen LogP contribution >= 0.6 is 0 Å². The molecule has 0 spiro atoms. The number of nitrogens with two attached hydrogens (primary N) is 1. The van der Waals surface area contributed by atoms with Crippen molar-refractivity contribution in [2.75, 3.05) is 0 Å². The first-order chi connectivity index (χ1) is 8.84. The quantitative estimate of drug-likeness (QED) is 0.773. The largest absolute Gasteiger partial charge is 0.328 e. The molecular formula is C16H20N2. The molecule has 1 aromatic carbocycles. The smallest absolute Gasteiger partial charge is 0.0736 e. The summed E-state index contributed by atoms with van der Waals surface area (Å²) in [6.07, 6.45) is 7.99. The number of nitrogens with zero attached hydrogens (tertiary/aromatic N) is 1. The maximum atomic E-state index is 6.19. The van der Waals surface area contributed by atoms with E-state index in [2.05, 4.69) is 29.2 Å². The van der Waals surface area contributed by atoms with Gasteiger partial charge in [0.25, 0.3) is 0 Å². The SMILES string of the molecule is NC1CCCCC(c2cccc3cccnc23)C1. The predicted octanol–water partition coefficient (Wildman–Crippen LogP) is 3.61. The molecule has 2 nitrogen and oxygen atoms in total. The van der Waals surface area contributed by atoms with Crippen LogP contribution in [0.15, 0.2) is 36.5 Å². The summed E-state index contributed by atoms with van der Waals surface area (Å²) in [5, 5.41) is 1.24. The van der Waals surface area contributed by atoms with Crippen LogP contribution in [-0.2, 0) is 0 Å². The van der Waals surface area contributed by atoms with Crippen LogP contribution in [0, 0.1) is 0 Å². The van der Waals surface area contributed by atoms with Gasteiger partial charge in [0.15, 0.2) is 0 Å². The molecule has 2 atom stereocenters. The van der Waals surface area contributed by atoms with Gasteiger partial charge in [0.05, 0.1) is 5.52 Å². The van der Waals surface area contributed by atoms with Crippen molar-refractivity contribution in [2.24, 2.45) is 5.73 Å². The minimum Gasteiger partial charge on any atom is -0.328 e. The van der Waals surface area contributed by atoms with Gasteiger partial charge in [0.2, 0.25) is 0 Å². The molecule has 2 N–H and O–H groups in total. The lowest BCUT2D eigenvalue weighted by Gasteiger charge is -2.18. The van der Waals surface area contributed by atoms with Crippen LogP contribution in [0.1, 0.15) is 43.6 Å². The van der Waals surface area contributed by atoms with Crippen LogP contribution in [0.25, 0.3) is 10.9 Å². The normalized spacial score (nSPS) is 24.9. The monoisotopic (exact) mass is 240 g/mol. The highest BCUT2D eigenvalue weighted by atomic mass is 14.7. The van der Waals surface area contributed by atoms with Gasteiger partial charge in [-0.1, -0.05) is 37.1 Å². The summed E-state index contributed by atoms with van der Waals surface area (Å²) in [5.74, 6) is 0.584. The number of hydrogen-bond acceptors (Lipinski definition) is 2. The summed E-state index contributed by atoms with van der Waals surface area (Å²) >= 11 is 0. The van der Waals surface area contributed by atoms with Crippen LogP contribution < -0.4 is 5.73 Å². The van der Waals surface area contributed by atoms with E-state index in [-0.39, 0.29) is 0 Å². The van der Waals surface area contributed by atoms with E-state index in [1.807, 2.05) is 12.3 Å². The zero-order valence-corrected chi connectivity index (χ0v) is 10.7. The molecule has 0 radical (unpaired) electrons. The summed E-state index contributed by atoms with van der Waals surface area (Å²) in [4.78, 5) is 4.57. The molecule has 1 heterocycles. The van der Waals surface area contributed by atoms with Crippen molar-refractivity contribution in [3.05, 3.63) is 42.1 Å². The molecule has 18 heavy (non-hydrogen) atoms. The van der Waals surface area contributed by atoms with Crippen LogP contribution in [0.4, 0.5) is 0 Å². The number of rotatable bonds is 1. The van der Waals surface area contributed by atoms with Gasteiger partial charge in [0.1, 0.15) is 0 Å². The third-order valence-corrected chi connectivity index (χ3v) is 4.07. The second-order valence-electron chi connectivity index (χ2n) is 5.40. The molecule has 0 saturated heterocycles. The van der Waals surface area contributed by atoms with Gasteiger partial charge in [0, 0.05) is 17.6 Å². The van der Waals surface area contributed by atoms with Crippen molar-refractivity contribution >= 4 is 10.9 Å². The Morgan fingerprint density at radius 3 is 2.83 bits per heavy atom. The fourth-order valence-corrected chi connectivity index (χ4v) is 3.14. The first-order valence-corrected chi connectivity index (χ1v) is 6.94. The van der Waals surface area contributed by atoms with Crippen LogP contribution in [0.2, 0.25) is 0 Å². The molecular weight excluding hydrogens is 220 g/mol. The van der Waals surface area contributed by atoms with Gasteiger partial charge in [-0.25, -0.2) is 0 Å². The molecule has 2 heteroatoms. The third-order valence-electron chi connectivity index (χ3n) is 4.07. The Hall–Kier alpha value is -1.41. The lowest BCUT2D eigenvalue weighted by Crippen LogP contribution is -2.20. The van der Waals surface area contributed by atoms with E-state index in [0.717, 1.165) is 6.42 Å². The Labute approximate surface area is 108 Å². The van der Waals surface area contributed by atoms with Crippen LogP contribution in [0.5, 0.6) is 0 Å². The van der Waals surface area contributed by atoms with Crippen molar-refractivity contribution in [1.82, 2.24) is 4.98 Å². The summed E-state index contributed by atoms with van der Waals surface area (Å²) in [7, 11) is 0. The third kappa shape index (κ3) is 2.25. The molecule has 2 aromatic rings. The van der Waals surface area contributed by atoms with E-state index in [4.69, 9.17) is 5.73 Å². The number of fused-ring (bicyclic) bond motifs is 1. The van der Waals surface area contributed by atoms with E-state index in [0.29, 0.717) is 12.0 Å². The number of pyridine rings is 1. The van der Waals surface area contributed by atoms with Gasteiger partial charge in [-0.05, 0) is 36.8 Å². The maximum Gasteiger partial charge on any atom is 0.0736 e. The second kappa shape index (κ2) is 5.07. The number of para-hydroxylation sites is 1. The molecule has 1 aliphatic carbocycles. The van der Waals surface area contributed by atoms with Gasteiger partial charge >= 0.3 is 0 Å². The van der Waals surface area contributed by atoms with E-state index in [9.17, 15) is 0 Å². The van der Waals surface area contributed by atoms with E-state index < -0.39 is 0 Å². The van der Waals surface area contributed by atoms with Gasteiger partial charge in [-0.3, -0.25) is 4.98 Å². The van der Waals surface area contributed by atoms with Crippen molar-refractivity contribution in [3.63, 3.8) is 0 Å². The molecule has 3 rings (SSSR count). The lowest BCUT2D eigenvalue weighted by atomic mass is 9.89. The molecule has 1 fully saturated rings. The lowest BCUT2D eigenvalue weighted by molar-refractivity contribution is 0.537. The van der Waals surface area contributed by atoms with E-state index in [1.165, 1.54) is 42.1 Å².